The summed E-state index contributed by atoms with van der Waals surface area (Å²) in [6, 6.07) is 0. The molecule has 4 saturated carbocycles. The molecule has 0 bridgehead atoms. The Morgan fingerprint density at radius 1 is 0.971 bits per heavy atom. The third-order valence-electron chi connectivity index (χ3n) is 13.1. The first-order valence-corrected chi connectivity index (χ1v) is 14.2. The lowest BCUT2D eigenvalue weighted by molar-refractivity contribution is -0.181. The van der Waals surface area contributed by atoms with Gasteiger partial charge in [0.15, 0.2) is 0 Å². The van der Waals surface area contributed by atoms with E-state index in [0.717, 1.165) is 57.1 Å². The van der Waals surface area contributed by atoms with Crippen LogP contribution in [0.1, 0.15) is 113 Å². The van der Waals surface area contributed by atoms with Crippen LogP contribution in [0.2, 0.25) is 0 Å². The van der Waals surface area contributed by atoms with Crippen molar-refractivity contribution < 1.29 is 14.7 Å². The number of ether oxygens (including phenoxy) is 1. The normalized spacial score (nSPS) is 49.1. The summed E-state index contributed by atoms with van der Waals surface area (Å²) < 4.78 is 5.50. The molecule has 4 nitrogen and oxygen atoms in total. The van der Waals surface area contributed by atoms with Crippen LogP contribution in [0.25, 0.3) is 0 Å². The van der Waals surface area contributed by atoms with Crippen LogP contribution in [-0.2, 0) is 9.53 Å². The third kappa shape index (κ3) is 3.10. The van der Waals surface area contributed by atoms with Gasteiger partial charge in [-0.3, -0.25) is 4.79 Å². The summed E-state index contributed by atoms with van der Waals surface area (Å²) >= 11 is 0. The van der Waals surface area contributed by atoms with Crippen molar-refractivity contribution in [2.24, 2.45) is 55.4 Å². The van der Waals surface area contributed by atoms with Crippen LogP contribution in [0.5, 0.6) is 0 Å². The molecule has 0 unspecified atom stereocenters. The molecular formula is C31H49NO3. The molecule has 1 N–H and O–H groups in total. The first-order chi connectivity index (χ1) is 16.2. The van der Waals surface area contributed by atoms with Crippen LogP contribution in [-0.4, -0.2) is 24.0 Å². The van der Waals surface area contributed by atoms with Crippen molar-refractivity contribution >= 4 is 11.7 Å². The highest BCUT2D eigenvalue weighted by Gasteiger charge is 2.69. The first kappa shape index (κ1) is 25.3. The topological polar surface area (TPSA) is 58.9 Å². The predicted molar refractivity (Wildman–Crippen MR) is 140 cm³/mol. The summed E-state index contributed by atoms with van der Waals surface area (Å²) in [6.45, 7) is 17.1. The van der Waals surface area contributed by atoms with E-state index in [1.165, 1.54) is 12.8 Å². The fraction of sp³-hybridized carbons (Fsp3) is 0.871. The van der Waals surface area contributed by atoms with E-state index in [1.807, 2.05) is 0 Å². The molecule has 196 valence electrons. The highest BCUT2D eigenvalue weighted by atomic mass is 16.5. The van der Waals surface area contributed by atoms with Gasteiger partial charge in [-0.25, -0.2) is 0 Å². The lowest BCUT2D eigenvalue weighted by atomic mass is 9.33. The van der Waals surface area contributed by atoms with Crippen molar-refractivity contribution in [1.82, 2.24) is 0 Å². The van der Waals surface area contributed by atoms with E-state index >= 15 is 0 Å². The number of fused-ring (bicyclic) bond motifs is 7. The molecular weight excluding hydrogens is 434 g/mol. The molecule has 0 aliphatic heterocycles. The summed E-state index contributed by atoms with van der Waals surface area (Å²) in [5.74, 6) is 1.49. The van der Waals surface area contributed by atoms with E-state index in [4.69, 9.17) is 4.74 Å². The van der Waals surface area contributed by atoms with Crippen LogP contribution >= 0.6 is 0 Å². The van der Waals surface area contributed by atoms with Crippen molar-refractivity contribution in [3.63, 3.8) is 0 Å². The molecule has 35 heavy (non-hydrogen) atoms. The molecule has 0 aromatic rings. The number of hydrogen-bond acceptors (Lipinski definition) is 4. The molecule has 7 atom stereocenters. The van der Waals surface area contributed by atoms with Gasteiger partial charge in [0.2, 0.25) is 0 Å². The highest BCUT2D eigenvalue weighted by Crippen LogP contribution is 2.75. The summed E-state index contributed by atoms with van der Waals surface area (Å²) in [6.07, 6.45) is 13.4. The molecule has 0 amide bonds. The molecule has 5 aliphatic rings. The lowest BCUT2D eigenvalue weighted by Gasteiger charge is -2.70. The Morgan fingerprint density at radius 3 is 2.31 bits per heavy atom. The Balaban J connectivity index is 1.60. The number of allylic oxidation sites excluding steroid dienone is 2. The largest absolute Gasteiger partial charge is 0.469 e. The van der Waals surface area contributed by atoms with E-state index in [-0.39, 0.29) is 38.5 Å². The number of carbonyl (C=O) groups is 1. The smallest absolute Gasteiger partial charge is 0.312 e. The molecule has 4 fully saturated rings. The second-order valence-electron chi connectivity index (χ2n) is 15.1. The minimum Gasteiger partial charge on any atom is -0.469 e. The molecule has 5 rings (SSSR count). The number of hydrogen-bond donors (Lipinski definition) is 1. The highest BCUT2D eigenvalue weighted by molar-refractivity contribution is 5.90. The predicted octanol–water partition coefficient (Wildman–Crippen LogP) is 7.79. The monoisotopic (exact) mass is 483 g/mol. The van der Waals surface area contributed by atoms with Gasteiger partial charge in [-0.05, 0) is 104 Å². The third-order valence-corrected chi connectivity index (χ3v) is 13.1. The van der Waals surface area contributed by atoms with Gasteiger partial charge in [0.05, 0.1) is 18.2 Å². The lowest BCUT2D eigenvalue weighted by Crippen LogP contribution is -2.64. The van der Waals surface area contributed by atoms with E-state index in [9.17, 15) is 10.0 Å². The Kier molecular flexibility index (Phi) is 5.50. The summed E-state index contributed by atoms with van der Waals surface area (Å²) in [5.41, 5.74) is 3.02. The molecule has 0 saturated heterocycles. The van der Waals surface area contributed by atoms with Gasteiger partial charge in [0.25, 0.3) is 0 Å². The second-order valence-corrected chi connectivity index (χ2v) is 15.1. The maximum Gasteiger partial charge on any atom is 0.312 e. The van der Waals surface area contributed by atoms with Crippen molar-refractivity contribution in [2.75, 3.05) is 7.11 Å². The van der Waals surface area contributed by atoms with Gasteiger partial charge in [-0.1, -0.05) is 65.3 Å². The van der Waals surface area contributed by atoms with Crippen molar-refractivity contribution in [3.8, 4) is 0 Å². The van der Waals surface area contributed by atoms with Gasteiger partial charge in [0.1, 0.15) is 0 Å². The minimum atomic E-state index is -0.334. The number of nitrogens with zero attached hydrogens (tertiary/aromatic N) is 1. The van der Waals surface area contributed by atoms with E-state index in [1.54, 1.807) is 12.7 Å². The van der Waals surface area contributed by atoms with E-state index in [2.05, 4.69) is 59.7 Å². The number of oxime groups is 1. The van der Waals surface area contributed by atoms with Gasteiger partial charge in [0, 0.05) is 5.41 Å². The van der Waals surface area contributed by atoms with Gasteiger partial charge in [-0.15, -0.1) is 0 Å². The molecule has 4 heteroatoms. The van der Waals surface area contributed by atoms with Crippen molar-refractivity contribution in [2.45, 2.75) is 113 Å². The zero-order chi connectivity index (χ0) is 25.7. The average molecular weight is 484 g/mol. The summed E-state index contributed by atoms with van der Waals surface area (Å²) in [5, 5.41) is 13.5. The zero-order valence-electron chi connectivity index (χ0n) is 23.6. The molecule has 5 aliphatic carbocycles. The Bertz CT molecular complexity index is 978. The fourth-order valence-corrected chi connectivity index (χ4v) is 10.8. The Hall–Kier alpha value is -1.32. The van der Waals surface area contributed by atoms with Crippen LogP contribution in [0.4, 0.5) is 0 Å². The molecule has 0 radical (unpaired) electrons. The Morgan fingerprint density at radius 2 is 1.66 bits per heavy atom. The Labute approximate surface area is 213 Å². The average Bonchev–Trinajstić information content (AvgIpc) is 2.78. The second kappa shape index (κ2) is 7.60. The number of methoxy groups -OCH3 is 1. The van der Waals surface area contributed by atoms with E-state index in [0.29, 0.717) is 17.8 Å². The molecule has 0 aromatic carbocycles. The molecule has 0 spiro atoms. The van der Waals surface area contributed by atoms with E-state index < -0.39 is 0 Å². The maximum absolute atomic E-state index is 13.4. The van der Waals surface area contributed by atoms with Gasteiger partial charge < -0.3 is 9.94 Å². The molecule has 0 aromatic heterocycles. The van der Waals surface area contributed by atoms with Gasteiger partial charge in [-0.2, -0.15) is 0 Å². The molecule has 0 heterocycles. The van der Waals surface area contributed by atoms with Crippen LogP contribution in [0.15, 0.2) is 16.8 Å². The summed E-state index contributed by atoms with van der Waals surface area (Å²) in [4.78, 5) is 13.4. The fourth-order valence-electron chi connectivity index (χ4n) is 10.8. The SMILES string of the molecule is COC(=O)[C@]12CCC(C)(C)C[C@H]1C1=CC[C@@H]3[C@@]4(C)CCC(=NO)C(C)(C)[C@@H]4CC[C@@]3(C)[C@]1(C)CC2. The number of esters is 1. The summed E-state index contributed by atoms with van der Waals surface area (Å²) in [7, 11) is 1.59. The van der Waals surface area contributed by atoms with Crippen molar-refractivity contribution in [3.05, 3.63) is 11.6 Å². The van der Waals surface area contributed by atoms with Crippen LogP contribution in [0.3, 0.4) is 0 Å². The minimum absolute atomic E-state index is 0.0359. The van der Waals surface area contributed by atoms with Crippen LogP contribution in [0, 0.1) is 50.2 Å². The van der Waals surface area contributed by atoms with Gasteiger partial charge >= 0.3 is 5.97 Å². The standard InChI is InChI=1S/C31H49NO3/c1-26(2)15-17-31(25(33)35-8)18-16-29(6)20(21(31)19-26)9-10-23-28(5)13-12-24(32-34)27(3,4)22(28)11-14-30(23,29)7/h9,21-23,34H,10-19H2,1-8H3/t21-,22-,23+,28-,29+,30+,31-/m0/s1. The zero-order valence-corrected chi connectivity index (χ0v) is 23.6. The number of rotatable bonds is 1. The van der Waals surface area contributed by atoms with Crippen molar-refractivity contribution in [1.29, 1.82) is 0 Å². The quantitative estimate of drug-likeness (QED) is 0.179. The first-order valence-electron chi connectivity index (χ1n) is 14.2. The maximum atomic E-state index is 13.4. The number of carbonyl (C=O) groups excluding carboxylic acids is 1. The van der Waals surface area contributed by atoms with Crippen LogP contribution < -0.4 is 0 Å².